The minimum absolute atomic E-state index is 0.0162. The zero-order valence-corrected chi connectivity index (χ0v) is 15.3. The van der Waals surface area contributed by atoms with Crippen molar-refractivity contribution in [1.29, 1.82) is 0 Å². The van der Waals surface area contributed by atoms with Crippen LogP contribution in [0.25, 0.3) is 0 Å². The molecule has 1 aromatic rings. The number of carbonyl (C=O) groups excluding carboxylic acids is 1. The van der Waals surface area contributed by atoms with E-state index < -0.39 is 0 Å². The van der Waals surface area contributed by atoms with Crippen LogP contribution < -0.4 is 4.90 Å². The summed E-state index contributed by atoms with van der Waals surface area (Å²) < 4.78 is 0. The molecular weight excluding hydrogens is 270 g/mol. The molecule has 22 heavy (non-hydrogen) atoms. The molecule has 0 heterocycles. The van der Waals surface area contributed by atoms with Crippen molar-refractivity contribution in [2.45, 2.75) is 79.7 Å². The number of rotatable bonds is 7. The van der Waals surface area contributed by atoms with Crippen molar-refractivity contribution in [3.8, 4) is 0 Å². The lowest BCUT2D eigenvalue weighted by atomic mass is 9.91. The summed E-state index contributed by atoms with van der Waals surface area (Å²) in [5, 5.41) is 0. The first-order chi connectivity index (χ1) is 10.2. The van der Waals surface area contributed by atoms with Crippen molar-refractivity contribution in [2.75, 3.05) is 4.90 Å². The number of nitrogens with zero attached hydrogens (tertiary/aromatic N) is 1. The summed E-state index contributed by atoms with van der Waals surface area (Å²) >= 11 is 0. The van der Waals surface area contributed by atoms with Crippen LogP contribution >= 0.6 is 0 Å². The molecule has 0 bridgehead atoms. The van der Waals surface area contributed by atoms with Crippen LogP contribution in [0.2, 0.25) is 0 Å². The van der Waals surface area contributed by atoms with Crippen LogP contribution in [0.3, 0.4) is 0 Å². The highest BCUT2D eigenvalue weighted by Crippen LogP contribution is 2.26. The Morgan fingerprint density at radius 3 is 2.45 bits per heavy atom. The van der Waals surface area contributed by atoms with Gasteiger partial charge in [0.1, 0.15) is 0 Å². The Kier molecular flexibility index (Phi) is 7.12. The Labute approximate surface area is 136 Å². The normalized spacial score (nSPS) is 13.0. The van der Waals surface area contributed by atoms with Crippen LogP contribution in [-0.4, -0.2) is 11.9 Å². The third-order valence-corrected chi connectivity index (χ3v) is 3.90. The molecule has 1 aromatic carbocycles. The third kappa shape index (κ3) is 6.21. The highest BCUT2D eigenvalue weighted by Gasteiger charge is 2.26. The second-order valence-corrected chi connectivity index (χ2v) is 7.68. The summed E-state index contributed by atoms with van der Waals surface area (Å²) in [4.78, 5) is 14.9. The highest BCUT2D eigenvalue weighted by atomic mass is 16.2. The number of anilines is 1. The zero-order valence-electron chi connectivity index (χ0n) is 15.3. The van der Waals surface area contributed by atoms with Gasteiger partial charge in [-0.1, -0.05) is 59.1 Å². The summed E-state index contributed by atoms with van der Waals surface area (Å²) in [6.45, 7) is 12.9. The van der Waals surface area contributed by atoms with Crippen LogP contribution in [0.4, 0.5) is 5.69 Å². The Morgan fingerprint density at radius 2 is 1.91 bits per heavy atom. The fourth-order valence-corrected chi connectivity index (χ4v) is 2.78. The van der Waals surface area contributed by atoms with E-state index in [4.69, 9.17) is 0 Å². The van der Waals surface area contributed by atoms with E-state index in [1.807, 2.05) is 11.0 Å². The van der Waals surface area contributed by atoms with E-state index in [1.165, 1.54) is 24.8 Å². The SMILES string of the molecule is CCCCCC(C)N(C(=O)CC(C)(C)C)c1cccc(C)c1. The van der Waals surface area contributed by atoms with Crippen LogP contribution in [-0.2, 0) is 4.79 Å². The highest BCUT2D eigenvalue weighted by molar-refractivity contribution is 5.94. The predicted octanol–water partition coefficient (Wildman–Crippen LogP) is 5.73. The number of amides is 1. The molecule has 1 amide bonds. The lowest BCUT2D eigenvalue weighted by molar-refractivity contribution is -0.120. The van der Waals surface area contributed by atoms with E-state index in [1.54, 1.807) is 0 Å². The van der Waals surface area contributed by atoms with Crippen molar-refractivity contribution >= 4 is 11.6 Å². The summed E-state index contributed by atoms with van der Waals surface area (Å²) in [5.41, 5.74) is 2.26. The number of unbranched alkanes of at least 4 members (excludes halogenated alkanes) is 2. The minimum atomic E-state index is 0.0162. The van der Waals surface area contributed by atoms with Gasteiger partial charge in [-0.25, -0.2) is 0 Å². The fourth-order valence-electron chi connectivity index (χ4n) is 2.78. The van der Waals surface area contributed by atoms with E-state index in [-0.39, 0.29) is 17.4 Å². The minimum Gasteiger partial charge on any atom is -0.310 e. The van der Waals surface area contributed by atoms with Gasteiger partial charge in [0, 0.05) is 18.2 Å². The number of hydrogen-bond acceptors (Lipinski definition) is 1. The Bertz CT molecular complexity index is 473. The van der Waals surface area contributed by atoms with E-state index >= 15 is 0 Å². The molecule has 1 rings (SSSR count). The van der Waals surface area contributed by atoms with Gasteiger partial charge in [0.25, 0.3) is 0 Å². The molecule has 2 heteroatoms. The first kappa shape index (κ1) is 18.7. The average Bonchev–Trinajstić information content (AvgIpc) is 2.37. The third-order valence-electron chi connectivity index (χ3n) is 3.90. The first-order valence-electron chi connectivity index (χ1n) is 8.63. The molecule has 0 spiro atoms. The monoisotopic (exact) mass is 303 g/mol. The molecule has 1 unspecified atom stereocenters. The molecule has 0 saturated carbocycles. The fraction of sp³-hybridized carbons (Fsp3) is 0.650. The Morgan fingerprint density at radius 1 is 1.23 bits per heavy atom. The largest absolute Gasteiger partial charge is 0.310 e. The number of hydrogen-bond donors (Lipinski definition) is 0. The summed E-state index contributed by atoms with van der Waals surface area (Å²) in [5.74, 6) is 0.238. The lowest BCUT2D eigenvalue weighted by Gasteiger charge is -2.32. The van der Waals surface area contributed by atoms with Gasteiger partial charge >= 0.3 is 0 Å². The average molecular weight is 303 g/mol. The first-order valence-corrected chi connectivity index (χ1v) is 8.63. The molecular formula is C20H33NO. The molecule has 0 N–H and O–H groups in total. The standard InChI is InChI=1S/C20H33NO/c1-7-8-9-12-17(3)21(19(22)15-20(4,5)6)18-13-10-11-16(2)14-18/h10-11,13-14,17H,7-9,12,15H2,1-6H3. The summed E-state index contributed by atoms with van der Waals surface area (Å²) in [7, 11) is 0. The maximum absolute atomic E-state index is 12.9. The molecule has 0 aromatic heterocycles. The number of carbonyl (C=O) groups is 1. The quantitative estimate of drug-likeness (QED) is 0.589. The van der Waals surface area contributed by atoms with Crippen LogP contribution in [0.1, 0.15) is 72.3 Å². The molecule has 1 atom stereocenters. The molecule has 0 saturated heterocycles. The van der Waals surface area contributed by atoms with Crippen LogP contribution in [0.15, 0.2) is 24.3 Å². The molecule has 0 aliphatic rings. The van der Waals surface area contributed by atoms with Gasteiger partial charge in [0.05, 0.1) is 0 Å². The van der Waals surface area contributed by atoms with E-state index in [2.05, 4.69) is 59.7 Å². The molecule has 0 aliphatic heterocycles. The van der Waals surface area contributed by atoms with Crippen molar-refractivity contribution in [1.82, 2.24) is 0 Å². The van der Waals surface area contributed by atoms with E-state index in [9.17, 15) is 4.79 Å². The van der Waals surface area contributed by atoms with Gasteiger partial charge in [-0.3, -0.25) is 4.79 Å². The van der Waals surface area contributed by atoms with Crippen LogP contribution in [0.5, 0.6) is 0 Å². The van der Waals surface area contributed by atoms with Crippen molar-refractivity contribution < 1.29 is 4.79 Å². The maximum atomic E-state index is 12.9. The van der Waals surface area contributed by atoms with Gasteiger partial charge in [0.15, 0.2) is 0 Å². The smallest absolute Gasteiger partial charge is 0.227 e. The van der Waals surface area contributed by atoms with Gasteiger partial charge in [-0.05, 0) is 43.4 Å². The van der Waals surface area contributed by atoms with Gasteiger partial charge in [-0.2, -0.15) is 0 Å². The summed E-state index contributed by atoms with van der Waals surface area (Å²) in [6, 6.07) is 8.56. The zero-order chi connectivity index (χ0) is 16.8. The molecule has 0 fully saturated rings. The molecule has 124 valence electrons. The Hall–Kier alpha value is -1.31. The van der Waals surface area contributed by atoms with Crippen molar-refractivity contribution in [3.63, 3.8) is 0 Å². The van der Waals surface area contributed by atoms with Gasteiger partial charge in [0.2, 0.25) is 5.91 Å². The van der Waals surface area contributed by atoms with Crippen molar-refractivity contribution in [2.24, 2.45) is 5.41 Å². The topological polar surface area (TPSA) is 20.3 Å². The lowest BCUT2D eigenvalue weighted by Crippen LogP contribution is -2.40. The maximum Gasteiger partial charge on any atom is 0.227 e. The second-order valence-electron chi connectivity index (χ2n) is 7.68. The van der Waals surface area contributed by atoms with Crippen LogP contribution in [0, 0.1) is 12.3 Å². The summed E-state index contributed by atoms with van der Waals surface area (Å²) in [6.07, 6.45) is 5.28. The van der Waals surface area contributed by atoms with E-state index in [0.717, 1.165) is 12.1 Å². The molecule has 0 aliphatic carbocycles. The van der Waals surface area contributed by atoms with Gasteiger partial charge in [-0.15, -0.1) is 0 Å². The second kappa shape index (κ2) is 8.36. The van der Waals surface area contributed by atoms with E-state index in [0.29, 0.717) is 6.42 Å². The molecule has 0 radical (unpaired) electrons. The Balaban J connectivity index is 2.96. The predicted molar refractivity (Wildman–Crippen MR) is 96.3 cm³/mol. The number of benzene rings is 1. The van der Waals surface area contributed by atoms with Gasteiger partial charge < -0.3 is 4.90 Å². The number of aryl methyl sites for hydroxylation is 1. The van der Waals surface area contributed by atoms with Crippen molar-refractivity contribution in [3.05, 3.63) is 29.8 Å². The molecule has 2 nitrogen and oxygen atoms in total.